The van der Waals surface area contributed by atoms with Crippen LogP contribution in [-0.4, -0.2) is 47.9 Å². The van der Waals surface area contributed by atoms with E-state index in [1.807, 2.05) is 35.9 Å². The predicted octanol–water partition coefficient (Wildman–Crippen LogP) is 2.17. The van der Waals surface area contributed by atoms with Gasteiger partial charge in [-0.05, 0) is 19.4 Å². The molecule has 134 valence electrons. The van der Waals surface area contributed by atoms with E-state index in [0.29, 0.717) is 6.54 Å². The lowest BCUT2D eigenvalue weighted by atomic mass is 10.4. The zero-order chi connectivity index (χ0) is 16.5. The summed E-state index contributed by atoms with van der Waals surface area (Å²) in [5.74, 6) is 0.826. The van der Waals surface area contributed by atoms with Gasteiger partial charge < -0.3 is 15.5 Å². The van der Waals surface area contributed by atoms with E-state index < -0.39 is 0 Å². The molecule has 0 atom stereocenters. The number of hydrogen-bond donors (Lipinski definition) is 2. The van der Waals surface area contributed by atoms with Crippen LogP contribution in [0.3, 0.4) is 0 Å². The number of nitrogens with zero attached hydrogens (tertiary/aromatic N) is 5. The van der Waals surface area contributed by atoms with E-state index in [0.717, 1.165) is 42.8 Å². The van der Waals surface area contributed by atoms with Crippen LogP contribution in [0, 0.1) is 0 Å². The second-order valence-electron chi connectivity index (χ2n) is 5.26. The molecule has 9 heteroatoms. The summed E-state index contributed by atoms with van der Waals surface area (Å²) in [6, 6.07) is 1.94. The Hall–Kier alpha value is -1.36. The summed E-state index contributed by atoms with van der Waals surface area (Å²) in [5, 5.41) is 13.9. The Kier molecular flexibility index (Phi) is 9.69. The Bertz CT molecular complexity index is 595. The standard InChI is InChI=1S/C15H25N7S.HI/c1-4-16-14(17-7-5-9-22-10-6-8-19-22)18-11-13-12-23-15(20-13)21(2)3;/h6,8,10,12H,4-5,7,9,11H2,1-3H3,(H2,16,17,18);1H. The molecule has 2 aromatic heterocycles. The number of nitrogens with one attached hydrogen (secondary N) is 2. The fourth-order valence-electron chi connectivity index (χ4n) is 1.96. The number of guanidine groups is 1. The van der Waals surface area contributed by atoms with Crippen LogP contribution in [0.4, 0.5) is 5.13 Å². The molecule has 0 unspecified atom stereocenters. The first-order valence-corrected chi connectivity index (χ1v) is 8.68. The number of thiazole rings is 1. The molecular weight excluding hydrogens is 437 g/mol. The van der Waals surface area contributed by atoms with Gasteiger partial charge in [-0.15, -0.1) is 35.3 Å². The lowest BCUT2D eigenvalue weighted by molar-refractivity contribution is 0.570. The SMILES string of the molecule is CCNC(=NCc1csc(N(C)C)n1)NCCCn1cccn1.I. The van der Waals surface area contributed by atoms with Crippen LogP contribution in [-0.2, 0) is 13.1 Å². The first kappa shape index (κ1) is 20.7. The van der Waals surface area contributed by atoms with Gasteiger partial charge in [0.1, 0.15) is 0 Å². The molecule has 0 aliphatic carbocycles. The van der Waals surface area contributed by atoms with Gasteiger partial charge in [0, 0.05) is 51.5 Å². The molecule has 0 fully saturated rings. The molecule has 0 aliphatic rings. The molecule has 7 nitrogen and oxygen atoms in total. The number of halogens is 1. The summed E-state index contributed by atoms with van der Waals surface area (Å²) in [5.41, 5.74) is 0.993. The van der Waals surface area contributed by atoms with Crippen LogP contribution in [0.1, 0.15) is 19.0 Å². The molecule has 0 aliphatic heterocycles. The molecular formula is C15H26IN7S. The van der Waals surface area contributed by atoms with E-state index in [1.54, 1.807) is 17.5 Å². The van der Waals surface area contributed by atoms with Gasteiger partial charge in [0.15, 0.2) is 11.1 Å². The maximum absolute atomic E-state index is 4.59. The second-order valence-corrected chi connectivity index (χ2v) is 6.10. The molecule has 0 amide bonds. The molecule has 0 radical (unpaired) electrons. The van der Waals surface area contributed by atoms with Gasteiger partial charge in [0.25, 0.3) is 0 Å². The van der Waals surface area contributed by atoms with Crippen LogP contribution >= 0.6 is 35.3 Å². The minimum Gasteiger partial charge on any atom is -0.357 e. The van der Waals surface area contributed by atoms with E-state index in [-0.39, 0.29) is 24.0 Å². The number of aromatic nitrogens is 3. The molecule has 2 N–H and O–H groups in total. The van der Waals surface area contributed by atoms with Crippen molar-refractivity contribution in [3.05, 3.63) is 29.5 Å². The number of aryl methyl sites for hydroxylation is 1. The van der Waals surface area contributed by atoms with E-state index in [4.69, 9.17) is 0 Å². The summed E-state index contributed by atoms with van der Waals surface area (Å²) in [6.07, 6.45) is 4.77. The fourth-order valence-corrected chi connectivity index (χ4v) is 2.71. The molecule has 0 bridgehead atoms. The topological polar surface area (TPSA) is 70.4 Å². The third-order valence-electron chi connectivity index (χ3n) is 3.08. The third kappa shape index (κ3) is 7.04. The van der Waals surface area contributed by atoms with Crippen molar-refractivity contribution in [3.8, 4) is 0 Å². The van der Waals surface area contributed by atoms with Crippen LogP contribution in [0.15, 0.2) is 28.8 Å². The average Bonchev–Trinajstić information content (AvgIpc) is 3.20. The van der Waals surface area contributed by atoms with Gasteiger partial charge in [0.2, 0.25) is 0 Å². The molecule has 24 heavy (non-hydrogen) atoms. The van der Waals surface area contributed by atoms with Gasteiger partial charge in [0.05, 0.1) is 12.2 Å². The Morgan fingerprint density at radius 2 is 2.21 bits per heavy atom. The van der Waals surface area contributed by atoms with Crippen molar-refractivity contribution in [2.24, 2.45) is 4.99 Å². The summed E-state index contributed by atoms with van der Waals surface area (Å²) in [6.45, 7) is 5.24. The maximum Gasteiger partial charge on any atom is 0.191 e. The summed E-state index contributed by atoms with van der Waals surface area (Å²) >= 11 is 1.64. The lowest BCUT2D eigenvalue weighted by Gasteiger charge is -2.11. The average molecular weight is 463 g/mol. The Morgan fingerprint density at radius 1 is 1.38 bits per heavy atom. The van der Waals surface area contributed by atoms with Gasteiger partial charge in [-0.25, -0.2) is 9.98 Å². The van der Waals surface area contributed by atoms with Crippen molar-refractivity contribution >= 4 is 46.4 Å². The highest BCUT2D eigenvalue weighted by atomic mass is 127. The molecule has 2 heterocycles. The minimum atomic E-state index is 0. The van der Waals surface area contributed by atoms with Crippen LogP contribution in [0.5, 0.6) is 0 Å². The zero-order valence-electron chi connectivity index (χ0n) is 14.4. The summed E-state index contributed by atoms with van der Waals surface area (Å²) in [4.78, 5) is 11.1. The first-order chi connectivity index (χ1) is 11.2. The van der Waals surface area contributed by atoms with Crippen LogP contribution in [0.25, 0.3) is 0 Å². The molecule has 0 saturated carbocycles. The zero-order valence-corrected chi connectivity index (χ0v) is 17.5. The van der Waals surface area contributed by atoms with Crippen molar-refractivity contribution in [1.82, 2.24) is 25.4 Å². The molecule has 0 spiro atoms. The van der Waals surface area contributed by atoms with E-state index in [1.165, 1.54) is 0 Å². The van der Waals surface area contributed by atoms with E-state index >= 15 is 0 Å². The summed E-state index contributed by atoms with van der Waals surface area (Å²) in [7, 11) is 3.99. The quantitative estimate of drug-likeness (QED) is 0.272. The number of hydrogen-bond acceptors (Lipinski definition) is 5. The van der Waals surface area contributed by atoms with Crippen molar-refractivity contribution in [1.29, 1.82) is 0 Å². The van der Waals surface area contributed by atoms with E-state index in [2.05, 4.69) is 38.0 Å². The highest BCUT2D eigenvalue weighted by Crippen LogP contribution is 2.18. The number of aliphatic imine (C=N–C) groups is 1. The van der Waals surface area contributed by atoms with Crippen LogP contribution in [0.2, 0.25) is 0 Å². The third-order valence-corrected chi connectivity index (χ3v) is 4.14. The van der Waals surface area contributed by atoms with Gasteiger partial charge in [-0.1, -0.05) is 0 Å². The van der Waals surface area contributed by atoms with Crippen molar-refractivity contribution < 1.29 is 0 Å². The highest BCUT2D eigenvalue weighted by Gasteiger charge is 2.04. The number of anilines is 1. The first-order valence-electron chi connectivity index (χ1n) is 7.80. The van der Waals surface area contributed by atoms with Gasteiger partial charge >= 0.3 is 0 Å². The summed E-state index contributed by atoms with van der Waals surface area (Å²) < 4.78 is 1.93. The molecule has 0 saturated heterocycles. The van der Waals surface area contributed by atoms with Gasteiger partial charge in [-0.2, -0.15) is 5.10 Å². The second kappa shape index (κ2) is 11.2. The normalized spacial score (nSPS) is 11.0. The van der Waals surface area contributed by atoms with Crippen molar-refractivity contribution in [2.75, 3.05) is 32.1 Å². The monoisotopic (exact) mass is 463 g/mol. The maximum atomic E-state index is 4.59. The predicted molar refractivity (Wildman–Crippen MR) is 112 cm³/mol. The Balaban J connectivity index is 0.00000288. The fraction of sp³-hybridized carbons (Fsp3) is 0.533. The van der Waals surface area contributed by atoms with Crippen molar-refractivity contribution in [2.45, 2.75) is 26.4 Å². The molecule has 2 rings (SSSR count). The molecule has 0 aromatic carbocycles. The van der Waals surface area contributed by atoms with Gasteiger partial charge in [-0.3, -0.25) is 4.68 Å². The largest absolute Gasteiger partial charge is 0.357 e. The smallest absolute Gasteiger partial charge is 0.191 e. The Morgan fingerprint density at radius 3 is 2.83 bits per heavy atom. The minimum absolute atomic E-state index is 0. The number of rotatable bonds is 8. The molecule has 2 aromatic rings. The van der Waals surface area contributed by atoms with Crippen molar-refractivity contribution in [3.63, 3.8) is 0 Å². The highest BCUT2D eigenvalue weighted by molar-refractivity contribution is 14.0. The lowest BCUT2D eigenvalue weighted by Crippen LogP contribution is -2.38. The van der Waals surface area contributed by atoms with E-state index in [9.17, 15) is 0 Å². The Labute approximate surface area is 164 Å². The van der Waals surface area contributed by atoms with Crippen LogP contribution < -0.4 is 15.5 Å².